The number of aliphatic hydroxyl groups excluding tert-OH is 2. The molecule has 1 aliphatic carbocycles. The van der Waals surface area contributed by atoms with E-state index in [9.17, 15) is 10.2 Å². The van der Waals surface area contributed by atoms with Crippen molar-refractivity contribution in [1.29, 1.82) is 0 Å². The maximum Gasteiger partial charge on any atom is 0.153 e. The summed E-state index contributed by atoms with van der Waals surface area (Å²) in [6, 6.07) is 26.2. The highest BCUT2D eigenvalue weighted by Crippen LogP contribution is 2.41. The van der Waals surface area contributed by atoms with Gasteiger partial charge in [0.2, 0.25) is 0 Å². The van der Waals surface area contributed by atoms with Crippen LogP contribution in [0.3, 0.4) is 0 Å². The number of para-hydroxylation sites is 2. The van der Waals surface area contributed by atoms with Crippen molar-refractivity contribution in [3.8, 4) is 11.5 Å². The average molecular weight is 348 g/mol. The van der Waals surface area contributed by atoms with Gasteiger partial charge in [-0.3, -0.25) is 0 Å². The summed E-state index contributed by atoms with van der Waals surface area (Å²) < 4.78 is 12.0. The first kappa shape index (κ1) is 16.6. The maximum atomic E-state index is 10.7. The van der Waals surface area contributed by atoms with Gasteiger partial charge in [0.1, 0.15) is 23.7 Å². The van der Waals surface area contributed by atoms with Gasteiger partial charge >= 0.3 is 0 Å². The van der Waals surface area contributed by atoms with Crippen molar-refractivity contribution < 1.29 is 19.7 Å². The molecule has 0 radical (unpaired) electrons. The second-order valence-corrected chi connectivity index (χ2v) is 6.31. The lowest BCUT2D eigenvalue weighted by Crippen LogP contribution is -2.45. The van der Waals surface area contributed by atoms with Crippen LogP contribution in [0.4, 0.5) is 0 Å². The molecule has 132 valence electrons. The lowest BCUT2D eigenvalue weighted by atomic mass is 9.83. The summed E-state index contributed by atoms with van der Waals surface area (Å²) in [4.78, 5) is 0. The summed E-state index contributed by atoms with van der Waals surface area (Å²) in [5.74, 6) is 1.28. The van der Waals surface area contributed by atoms with Crippen LogP contribution in [0.2, 0.25) is 0 Å². The van der Waals surface area contributed by atoms with E-state index in [-0.39, 0.29) is 0 Å². The molecule has 0 bridgehead atoms. The molecule has 0 spiro atoms. The molecule has 1 aliphatic rings. The number of rotatable bonds is 4. The fraction of sp³-hybridized carbons (Fsp3) is 0.182. The third kappa shape index (κ3) is 3.17. The first-order valence-corrected chi connectivity index (χ1v) is 8.62. The molecule has 0 amide bonds. The SMILES string of the molecule is O[C@H]1[C@H](O)[C@@H](Oc2ccccc2)c2ccccc2[C@@H]1Oc1ccccc1. The lowest BCUT2D eigenvalue weighted by Gasteiger charge is -2.39. The molecule has 0 saturated carbocycles. The Kier molecular flexibility index (Phi) is 4.61. The number of benzene rings is 3. The fourth-order valence-electron chi connectivity index (χ4n) is 3.31. The van der Waals surface area contributed by atoms with E-state index in [0.29, 0.717) is 11.5 Å². The highest BCUT2D eigenvalue weighted by molar-refractivity contribution is 5.38. The first-order valence-electron chi connectivity index (χ1n) is 8.62. The third-order valence-corrected chi connectivity index (χ3v) is 4.59. The van der Waals surface area contributed by atoms with Gasteiger partial charge < -0.3 is 19.7 Å². The van der Waals surface area contributed by atoms with Gasteiger partial charge in [-0.1, -0.05) is 60.7 Å². The summed E-state index contributed by atoms with van der Waals surface area (Å²) in [6.07, 6.45) is -3.56. The third-order valence-electron chi connectivity index (χ3n) is 4.59. The molecule has 0 saturated heterocycles. The Balaban J connectivity index is 1.69. The van der Waals surface area contributed by atoms with Crippen LogP contribution in [0.15, 0.2) is 84.9 Å². The van der Waals surface area contributed by atoms with Crippen molar-refractivity contribution in [3.63, 3.8) is 0 Å². The first-order chi connectivity index (χ1) is 12.7. The molecule has 4 rings (SSSR count). The van der Waals surface area contributed by atoms with E-state index in [0.717, 1.165) is 11.1 Å². The van der Waals surface area contributed by atoms with Gasteiger partial charge in [0, 0.05) is 11.1 Å². The van der Waals surface area contributed by atoms with Crippen LogP contribution in [0.5, 0.6) is 11.5 Å². The van der Waals surface area contributed by atoms with Crippen LogP contribution >= 0.6 is 0 Å². The highest BCUT2D eigenvalue weighted by atomic mass is 16.5. The summed E-state index contributed by atoms with van der Waals surface area (Å²) in [7, 11) is 0. The van der Waals surface area contributed by atoms with Crippen molar-refractivity contribution in [1.82, 2.24) is 0 Å². The molecule has 4 heteroatoms. The van der Waals surface area contributed by atoms with Crippen molar-refractivity contribution >= 4 is 0 Å². The molecule has 3 aromatic rings. The number of hydrogen-bond donors (Lipinski definition) is 2. The molecule has 4 atom stereocenters. The number of fused-ring (bicyclic) bond motifs is 1. The molecule has 4 nitrogen and oxygen atoms in total. The normalized spacial score (nSPS) is 24.5. The van der Waals surface area contributed by atoms with E-state index in [1.165, 1.54) is 0 Å². The minimum Gasteiger partial charge on any atom is -0.483 e. The van der Waals surface area contributed by atoms with Gasteiger partial charge in [-0.15, -0.1) is 0 Å². The van der Waals surface area contributed by atoms with Crippen molar-refractivity contribution in [2.45, 2.75) is 24.4 Å². The number of aliphatic hydroxyl groups is 2. The number of ether oxygens (including phenoxy) is 2. The van der Waals surface area contributed by atoms with Crippen LogP contribution in [-0.4, -0.2) is 22.4 Å². The zero-order valence-electron chi connectivity index (χ0n) is 14.1. The molecule has 26 heavy (non-hydrogen) atoms. The molecular weight excluding hydrogens is 328 g/mol. The van der Waals surface area contributed by atoms with Crippen LogP contribution < -0.4 is 9.47 Å². The molecule has 0 heterocycles. The second-order valence-electron chi connectivity index (χ2n) is 6.31. The van der Waals surface area contributed by atoms with Gasteiger partial charge in [-0.2, -0.15) is 0 Å². The standard InChI is InChI=1S/C22H20O4/c23-19-20(24)22(26-16-11-5-2-6-12-16)18-14-8-7-13-17(18)21(19)25-15-9-3-1-4-10-15/h1-14,19-24H/t19-,20-,21-,22-/m0/s1. The summed E-state index contributed by atoms with van der Waals surface area (Å²) in [6.45, 7) is 0. The predicted molar refractivity (Wildman–Crippen MR) is 98.1 cm³/mol. The van der Waals surface area contributed by atoms with E-state index >= 15 is 0 Å². The largest absolute Gasteiger partial charge is 0.483 e. The molecule has 0 unspecified atom stereocenters. The van der Waals surface area contributed by atoms with Gasteiger partial charge in [0.05, 0.1) is 0 Å². The van der Waals surface area contributed by atoms with Gasteiger partial charge in [0.25, 0.3) is 0 Å². The Morgan fingerprint density at radius 3 is 1.23 bits per heavy atom. The van der Waals surface area contributed by atoms with Crippen LogP contribution in [-0.2, 0) is 0 Å². The monoisotopic (exact) mass is 348 g/mol. The Bertz CT molecular complexity index is 778. The smallest absolute Gasteiger partial charge is 0.153 e. The Hall–Kier alpha value is -2.82. The van der Waals surface area contributed by atoms with Gasteiger partial charge in [-0.25, -0.2) is 0 Å². The summed E-state index contributed by atoms with van der Waals surface area (Å²) in [5, 5.41) is 21.5. The van der Waals surface area contributed by atoms with Crippen LogP contribution in [0.25, 0.3) is 0 Å². The van der Waals surface area contributed by atoms with Crippen molar-refractivity contribution in [3.05, 3.63) is 96.1 Å². The molecular formula is C22H20O4. The maximum absolute atomic E-state index is 10.7. The van der Waals surface area contributed by atoms with E-state index < -0.39 is 24.4 Å². The Morgan fingerprint density at radius 1 is 0.500 bits per heavy atom. The van der Waals surface area contributed by atoms with Gasteiger partial charge in [0.15, 0.2) is 12.2 Å². The van der Waals surface area contributed by atoms with E-state index in [1.807, 2.05) is 84.9 Å². The topological polar surface area (TPSA) is 58.9 Å². The van der Waals surface area contributed by atoms with Crippen molar-refractivity contribution in [2.75, 3.05) is 0 Å². The average Bonchev–Trinajstić information content (AvgIpc) is 2.70. The minimum atomic E-state index is -1.11. The fourth-order valence-corrected chi connectivity index (χ4v) is 3.31. The molecule has 3 aromatic carbocycles. The summed E-state index contributed by atoms with van der Waals surface area (Å²) >= 11 is 0. The molecule has 0 fully saturated rings. The minimum absolute atomic E-state index is 0.640. The number of hydrogen-bond acceptors (Lipinski definition) is 4. The lowest BCUT2D eigenvalue weighted by molar-refractivity contribution is -0.106. The van der Waals surface area contributed by atoms with Crippen LogP contribution in [0, 0.1) is 0 Å². The molecule has 2 N–H and O–H groups in total. The van der Waals surface area contributed by atoms with Crippen LogP contribution in [0.1, 0.15) is 23.3 Å². The zero-order chi connectivity index (χ0) is 17.9. The molecule has 0 aromatic heterocycles. The second kappa shape index (κ2) is 7.20. The quantitative estimate of drug-likeness (QED) is 0.755. The summed E-state index contributed by atoms with van der Waals surface area (Å²) in [5.41, 5.74) is 1.63. The van der Waals surface area contributed by atoms with Crippen molar-refractivity contribution in [2.24, 2.45) is 0 Å². The predicted octanol–water partition coefficient (Wildman–Crippen LogP) is 3.66. The van der Waals surface area contributed by atoms with E-state index in [2.05, 4.69) is 0 Å². The van der Waals surface area contributed by atoms with Gasteiger partial charge in [-0.05, 0) is 24.3 Å². The Labute approximate surface area is 152 Å². The zero-order valence-corrected chi connectivity index (χ0v) is 14.1. The molecule has 0 aliphatic heterocycles. The Morgan fingerprint density at radius 2 is 0.846 bits per heavy atom. The van der Waals surface area contributed by atoms with E-state index in [1.54, 1.807) is 0 Å². The highest BCUT2D eigenvalue weighted by Gasteiger charge is 2.43. The van der Waals surface area contributed by atoms with E-state index in [4.69, 9.17) is 9.47 Å².